The largest absolute Gasteiger partial charge is 0.457 e. The number of sulfonamides is 1. The molecule has 0 saturated carbocycles. The smallest absolute Gasteiger partial charge is 0.246 e. The van der Waals surface area contributed by atoms with Crippen LogP contribution in [-0.4, -0.2) is 44.6 Å². The van der Waals surface area contributed by atoms with Crippen molar-refractivity contribution in [3.63, 3.8) is 0 Å². The molecule has 7 heteroatoms. The molecule has 1 fully saturated rings. The molecule has 6 nitrogen and oxygen atoms in total. The van der Waals surface area contributed by atoms with Gasteiger partial charge in [-0.3, -0.25) is 9.10 Å². The number of piperidine rings is 1. The molecule has 1 heterocycles. The topological polar surface area (TPSA) is 66.9 Å². The summed E-state index contributed by atoms with van der Waals surface area (Å²) < 4.78 is 32.4. The molecule has 4 rings (SSSR count). The number of amides is 1. The van der Waals surface area contributed by atoms with E-state index in [9.17, 15) is 13.2 Å². The number of hydrogen-bond donors (Lipinski definition) is 0. The van der Waals surface area contributed by atoms with Gasteiger partial charge in [0.15, 0.2) is 0 Å². The number of hydrogen-bond acceptors (Lipinski definition) is 4. The average Bonchev–Trinajstić information content (AvgIpc) is 2.86. The Bertz CT molecular complexity index is 1210. The van der Waals surface area contributed by atoms with Gasteiger partial charge in [-0.25, -0.2) is 8.42 Å². The van der Waals surface area contributed by atoms with Crippen LogP contribution >= 0.6 is 0 Å². The van der Waals surface area contributed by atoms with E-state index in [4.69, 9.17) is 4.74 Å². The van der Waals surface area contributed by atoms with Crippen molar-refractivity contribution < 1.29 is 17.9 Å². The van der Waals surface area contributed by atoms with Crippen molar-refractivity contribution in [1.82, 2.24) is 4.90 Å². The van der Waals surface area contributed by atoms with E-state index in [2.05, 4.69) is 24.3 Å². The molecule has 0 unspecified atom stereocenters. The molecule has 3 aromatic rings. The summed E-state index contributed by atoms with van der Waals surface area (Å²) in [5.41, 5.74) is 1.75. The van der Waals surface area contributed by atoms with Crippen molar-refractivity contribution in [2.75, 3.05) is 23.7 Å². The first-order valence-electron chi connectivity index (χ1n) is 12.0. The Kier molecular flexibility index (Phi) is 7.76. The normalized spacial score (nSPS) is 15.4. The molecule has 0 aromatic heterocycles. The predicted octanol–water partition coefficient (Wildman–Crippen LogP) is 5.11. The molecule has 1 aliphatic rings. The first-order valence-corrected chi connectivity index (χ1v) is 13.8. The zero-order valence-corrected chi connectivity index (χ0v) is 21.0. The van der Waals surface area contributed by atoms with Crippen LogP contribution in [0.3, 0.4) is 0 Å². The highest BCUT2D eigenvalue weighted by molar-refractivity contribution is 7.92. The maximum atomic E-state index is 13.3. The Balaban J connectivity index is 1.41. The highest BCUT2D eigenvalue weighted by Gasteiger charge is 2.33. The number of para-hydroxylation sites is 1. The zero-order chi connectivity index (χ0) is 24.8. The van der Waals surface area contributed by atoms with Gasteiger partial charge in [0.1, 0.15) is 17.5 Å². The van der Waals surface area contributed by atoms with Crippen molar-refractivity contribution >= 4 is 21.6 Å². The SMILES string of the molecule is C[C@H](C(=O)N1CCC(Cc2ccccc2)CC1)N(c1ccc(Oc2ccccc2)cc1)S(C)(=O)=O. The van der Waals surface area contributed by atoms with Crippen LogP contribution in [0, 0.1) is 5.92 Å². The first-order chi connectivity index (χ1) is 16.8. The molecule has 0 N–H and O–H groups in total. The van der Waals surface area contributed by atoms with Gasteiger partial charge in [-0.15, -0.1) is 0 Å². The lowest BCUT2D eigenvalue weighted by Gasteiger charge is -2.36. The fourth-order valence-electron chi connectivity index (χ4n) is 4.66. The lowest BCUT2D eigenvalue weighted by atomic mass is 9.90. The summed E-state index contributed by atoms with van der Waals surface area (Å²) in [7, 11) is -3.68. The molecule has 1 atom stereocenters. The molecule has 35 heavy (non-hydrogen) atoms. The van der Waals surface area contributed by atoms with E-state index in [1.54, 1.807) is 36.1 Å². The fourth-order valence-corrected chi connectivity index (χ4v) is 5.83. The molecular weight excluding hydrogens is 460 g/mol. The van der Waals surface area contributed by atoms with Crippen LogP contribution in [0.2, 0.25) is 0 Å². The van der Waals surface area contributed by atoms with Crippen LogP contribution in [0.15, 0.2) is 84.9 Å². The van der Waals surface area contributed by atoms with Crippen LogP contribution in [-0.2, 0) is 21.2 Å². The third kappa shape index (κ3) is 6.42. The molecule has 1 saturated heterocycles. The highest BCUT2D eigenvalue weighted by atomic mass is 32.2. The highest BCUT2D eigenvalue weighted by Crippen LogP contribution is 2.28. The number of ether oxygens (including phenoxy) is 1. The van der Waals surface area contributed by atoms with Crippen LogP contribution in [0.5, 0.6) is 11.5 Å². The van der Waals surface area contributed by atoms with Crippen molar-refractivity contribution in [1.29, 1.82) is 0 Å². The number of rotatable bonds is 8. The summed E-state index contributed by atoms with van der Waals surface area (Å²) in [4.78, 5) is 15.1. The Labute approximate surface area is 208 Å². The predicted molar refractivity (Wildman–Crippen MR) is 139 cm³/mol. The van der Waals surface area contributed by atoms with E-state index in [-0.39, 0.29) is 5.91 Å². The van der Waals surface area contributed by atoms with Crippen LogP contribution in [0.1, 0.15) is 25.3 Å². The van der Waals surface area contributed by atoms with E-state index in [0.29, 0.717) is 36.2 Å². The van der Waals surface area contributed by atoms with Gasteiger partial charge in [-0.05, 0) is 74.1 Å². The van der Waals surface area contributed by atoms with Crippen molar-refractivity contribution in [3.8, 4) is 11.5 Å². The monoisotopic (exact) mass is 492 g/mol. The number of benzene rings is 3. The van der Waals surface area contributed by atoms with Gasteiger partial charge in [0.2, 0.25) is 15.9 Å². The third-order valence-electron chi connectivity index (χ3n) is 6.43. The van der Waals surface area contributed by atoms with Gasteiger partial charge in [-0.1, -0.05) is 48.5 Å². The standard InChI is InChI=1S/C28H32N2O4S/c1-22(28(31)29-19-17-24(18-20-29)21-23-9-5-3-6-10-23)30(35(2,32)33)25-13-15-27(16-14-25)34-26-11-7-4-8-12-26/h3-16,22,24H,17-21H2,1-2H3/t22-/m1/s1. The Morgan fingerprint density at radius 1 is 0.914 bits per heavy atom. The second kappa shape index (κ2) is 11.0. The molecule has 1 amide bonds. The summed E-state index contributed by atoms with van der Waals surface area (Å²) in [6.45, 7) is 2.94. The summed E-state index contributed by atoms with van der Waals surface area (Å²) in [5.74, 6) is 1.64. The van der Waals surface area contributed by atoms with Crippen LogP contribution in [0.25, 0.3) is 0 Å². The van der Waals surface area contributed by atoms with E-state index >= 15 is 0 Å². The van der Waals surface area contributed by atoms with Crippen molar-refractivity contribution in [3.05, 3.63) is 90.5 Å². The van der Waals surface area contributed by atoms with Gasteiger partial charge in [0.05, 0.1) is 11.9 Å². The molecule has 184 valence electrons. The molecular formula is C28H32N2O4S. The Hall–Kier alpha value is -3.32. The minimum Gasteiger partial charge on any atom is -0.457 e. The van der Waals surface area contributed by atoms with Gasteiger partial charge in [0, 0.05) is 13.1 Å². The van der Waals surface area contributed by atoms with Gasteiger partial charge in [-0.2, -0.15) is 0 Å². The maximum Gasteiger partial charge on any atom is 0.246 e. The second-order valence-electron chi connectivity index (χ2n) is 9.10. The lowest BCUT2D eigenvalue weighted by Crippen LogP contribution is -2.51. The maximum absolute atomic E-state index is 13.3. The van der Waals surface area contributed by atoms with E-state index in [1.165, 1.54) is 9.87 Å². The third-order valence-corrected chi connectivity index (χ3v) is 7.67. The summed E-state index contributed by atoms with van der Waals surface area (Å²) in [6, 6.07) is 25.7. The average molecular weight is 493 g/mol. The first kappa shape index (κ1) is 24.8. The molecule has 0 spiro atoms. The molecule has 3 aromatic carbocycles. The molecule has 1 aliphatic heterocycles. The number of anilines is 1. The quantitative estimate of drug-likeness (QED) is 0.438. The Morgan fingerprint density at radius 2 is 1.46 bits per heavy atom. The van der Waals surface area contributed by atoms with Crippen LogP contribution < -0.4 is 9.04 Å². The summed E-state index contributed by atoms with van der Waals surface area (Å²) in [5, 5.41) is 0. The van der Waals surface area contributed by atoms with E-state index in [0.717, 1.165) is 25.5 Å². The second-order valence-corrected chi connectivity index (χ2v) is 11.0. The van der Waals surface area contributed by atoms with Crippen molar-refractivity contribution in [2.24, 2.45) is 5.92 Å². The molecule has 0 aliphatic carbocycles. The van der Waals surface area contributed by atoms with Gasteiger partial charge >= 0.3 is 0 Å². The summed E-state index contributed by atoms with van der Waals surface area (Å²) in [6.07, 6.45) is 3.97. The number of carbonyl (C=O) groups excluding carboxylic acids is 1. The molecule has 0 bridgehead atoms. The zero-order valence-electron chi connectivity index (χ0n) is 20.2. The van der Waals surface area contributed by atoms with Gasteiger partial charge < -0.3 is 9.64 Å². The Morgan fingerprint density at radius 3 is 2.03 bits per heavy atom. The fraction of sp³-hybridized carbons (Fsp3) is 0.321. The van der Waals surface area contributed by atoms with Gasteiger partial charge in [0.25, 0.3) is 0 Å². The number of nitrogens with zero attached hydrogens (tertiary/aromatic N) is 2. The number of carbonyl (C=O) groups is 1. The van der Waals surface area contributed by atoms with Crippen molar-refractivity contribution in [2.45, 2.75) is 32.2 Å². The van der Waals surface area contributed by atoms with E-state index in [1.807, 2.05) is 36.4 Å². The van der Waals surface area contributed by atoms with Crippen LogP contribution in [0.4, 0.5) is 5.69 Å². The molecule has 0 radical (unpaired) electrons. The lowest BCUT2D eigenvalue weighted by molar-refractivity contribution is -0.133. The number of likely N-dealkylation sites (tertiary alicyclic amines) is 1. The minimum atomic E-state index is -3.68. The van der Waals surface area contributed by atoms with E-state index < -0.39 is 16.1 Å². The summed E-state index contributed by atoms with van der Waals surface area (Å²) >= 11 is 0. The minimum absolute atomic E-state index is 0.168.